The van der Waals surface area contributed by atoms with Gasteiger partial charge in [0.25, 0.3) is 5.91 Å². The molecule has 0 fully saturated rings. The Morgan fingerprint density at radius 3 is 2.35 bits per heavy atom. The van der Waals surface area contributed by atoms with Gasteiger partial charge in [-0.05, 0) is 44.9 Å². The molecule has 0 aliphatic heterocycles. The number of rotatable bonds is 9. The molecule has 5 N–H and O–H groups in total. The summed E-state index contributed by atoms with van der Waals surface area (Å²) in [5, 5.41) is 13.9. The maximum Gasteiger partial charge on any atom is 0.325 e. The van der Waals surface area contributed by atoms with Gasteiger partial charge in [-0.25, -0.2) is 0 Å². The number of carbonyl (C=O) groups is 3. The third kappa shape index (κ3) is 6.48. The van der Waals surface area contributed by atoms with E-state index in [4.69, 9.17) is 10.8 Å². The number of amides is 2. The van der Waals surface area contributed by atoms with Crippen LogP contribution in [0, 0.1) is 0 Å². The normalized spacial score (nSPS) is 13.0. The quantitative estimate of drug-likeness (QED) is 0.494. The fourth-order valence-corrected chi connectivity index (χ4v) is 1.97. The van der Waals surface area contributed by atoms with E-state index in [2.05, 4.69) is 10.6 Å². The van der Waals surface area contributed by atoms with E-state index in [0.717, 1.165) is 6.42 Å². The van der Waals surface area contributed by atoms with Gasteiger partial charge in [0, 0.05) is 5.56 Å². The first kappa shape index (κ1) is 18.6. The third-order valence-electron chi connectivity index (χ3n) is 3.33. The number of nitrogens with two attached hydrogens (primary N) is 1. The van der Waals surface area contributed by atoms with Crippen molar-refractivity contribution in [2.24, 2.45) is 5.73 Å². The summed E-state index contributed by atoms with van der Waals surface area (Å²) >= 11 is 0. The summed E-state index contributed by atoms with van der Waals surface area (Å²) in [5.41, 5.74) is 5.88. The highest BCUT2D eigenvalue weighted by Gasteiger charge is 2.24. The zero-order chi connectivity index (χ0) is 17.2. The van der Waals surface area contributed by atoms with Crippen molar-refractivity contribution in [3.05, 3.63) is 35.9 Å². The first-order valence-corrected chi connectivity index (χ1v) is 7.55. The van der Waals surface area contributed by atoms with Crippen LogP contribution in [0.5, 0.6) is 0 Å². The first-order chi connectivity index (χ1) is 11.0. The van der Waals surface area contributed by atoms with Crippen LogP contribution in [-0.4, -0.2) is 41.5 Å². The molecular weight excluding hydrogens is 298 g/mol. The van der Waals surface area contributed by atoms with Crippen molar-refractivity contribution < 1.29 is 19.5 Å². The van der Waals surface area contributed by atoms with Gasteiger partial charge in [0.15, 0.2) is 0 Å². The van der Waals surface area contributed by atoms with Gasteiger partial charge >= 0.3 is 5.97 Å². The number of hydrogen-bond donors (Lipinski definition) is 4. The second-order valence-corrected chi connectivity index (χ2v) is 5.25. The van der Waals surface area contributed by atoms with E-state index in [1.54, 1.807) is 30.3 Å². The minimum absolute atomic E-state index is 0.374. The molecule has 0 unspecified atom stereocenters. The summed E-state index contributed by atoms with van der Waals surface area (Å²) in [7, 11) is 0. The zero-order valence-corrected chi connectivity index (χ0v) is 13.1. The molecule has 7 nitrogen and oxygen atoms in total. The topological polar surface area (TPSA) is 122 Å². The summed E-state index contributed by atoms with van der Waals surface area (Å²) < 4.78 is 0. The molecule has 23 heavy (non-hydrogen) atoms. The van der Waals surface area contributed by atoms with Crippen molar-refractivity contribution in [2.75, 3.05) is 6.54 Å². The van der Waals surface area contributed by atoms with Gasteiger partial charge in [-0.15, -0.1) is 0 Å². The van der Waals surface area contributed by atoms with Gasteiger partial charge < -0.3 is 21.5 Å². The van der Waals surface area contributed by atoms with Crippen LogP contribution in [0.15, 0.2) is 30.3 Å². The Balaban J connectivity index is 2.73. The average molecular weight is 321 g/mol. The molecule has 1 aromatic carbocycles. The van der Waals surface area contributed by atoms with E-state index < -0.39 is 24.0 Å². The van der Waals surface area contributed by atoms with Crippen molar-refractivity contribution >= 4 is 17.8 Å². The molecule has 0 aliphatic rings. The van der Waals surface area contributed by atoms with Crippen molar-refractivity contribution in [3.8, 4) is 0 Å². The van der Waals surface area contributed by atoms with Crippen LogP contribution in [0.3, 0.4) is 0 Å². The molecule has 2 amide bonds. The van der Waals surface area contributed by atoms with Gasteiger partial charge in [-0.1, -0.05) is 18.2 Å². The Hall–Kier alpha value is -2.41. The number of aliphatic carboxylic acids is 1. The van der Waals surface area contributed by atoms with Crippen LogP contribution in [0.25, 0.3) is 0 Å². The molecular formula is C16H23N3O4. The smallest absolute Gasteiger partial charge is 0.325 e. The lowest BCUT2D eigenvalue weighted by atomic mass is 10.1. The summed E-state index contributed by atoms with van der Waals surface area (Å²) in [6.07, 6.45) is 1.78. The third-order valence-corrected chi connectivity index (χ3v) is 3.33. The lowest BCUT2D eigenvalue weighted by Crippen LogP contribution is -2.50. The first-order valence-electron chi connectivity index (χ1n) is 7.55. The molecule has 0 heterocycles. The van der Waals surface area contributed by atoms with Gasteiger partial charge in [0.2, 0.25) is 5.91 Å². The molecule has 7 heteroatoms. The van der Waals surface area contributed by atoms with Crippen LogP contribution in [-0.2, 0) is 9.59 Å². The summed E-state index contributed by atoms with van der Waals surface area (Å²) in [5.74, 6) is -2.02. The van der Waals surface area contributed by atoms with Crippen molar-refractivity contribution in [1.82, 2.24) is 10.6 Å². The second kappa shape index (κ2) is 9.58. The van der Waals surface area contributed by atoms with Crippen LogP contribution in [0.4, 0.5) is 0 Å². The lowest BCUT2D eigenvalue weighted by molar-refractivity contribution is -0.141. The Labute approximate surface area is 135 Å². The standard InChI is InChI=1S/C16H23N3O4/c1-11(16(22)23)18-15(21)13(9-5-6-10-17)19-14(20)12-7-3-2-4-8-12/h2-4,7-8,11,13H,5-6,9-10,17H2,1H3,(H,18,21)(H,19,20)(H,22,23)/t11-,13-/m0/s1. The van der Waals surface area contributed by atoms with Crippen LogP contribution >= 0.6 is 0 Å². The number of hydrogen-bond acceptors (Lipinski definition) is 4. The minimum atomic E-state index is -1.13. The second-order valence-electron chi connectivity index (χ2n) is 5.25. The number of carboxylic acid groups (broad SMARTS) is 1. The van der Waals surface area contributed by atoms with Crippen LogP contribution in [0.1, 0.15) is 36.5 Å². The molecule has 0 radical (unpaired) electrons. The predicted octanol–water partition coefficient (Wildman–Crippen LogP) is 0.503. The number of nitrogens with one attached hydrogen (secondary N) is 2. The van der Waals surface area contributed by atoms with Crippen LogP contribution < -0.4 is 16.4 Å². The fourth-order valence-electron chi connectivity index (χ4n) is 1.97. The molecule has 0 aliphatic carbocycles. The van der Waals surface area contributed by atoms with Gasteiger partial charge in [0.05, 0.1) is 0 Å². The SMILES string of the molecule is C[C@H](NC(=O)[C@H](CCCCN)NC(=O)c1ccccc1)C(=O)O. The number of benzene rings is 1. The van der Waals surface area contributed by atoms with Crippen molar-refractivity contribution in [2.45, 2.75) is 38.3 Å². The molecule has 1 aromatic rings. The molecule has 0 bridgehead atoms. The Bertz CT molecular complexity index is 533. The van der Waals surface area contributed by atoms with Crippen LogP contribution in [0.2, 0.25) is 0 Å². The van der Waals surface area contributed by atoms with E-state index in [1.165, 1.54) is 6.92 Å². The molecule has 0 aromatic heterocycles. The largest absolute Gasteiger partial charge is 0.480 e. The Morgan fingerprint density at radius 1 is 1.13 bits per heavy atom. The summed E-state index contributed by atoms with van der Waals surface area (Å²) in [4.78, 5) is 35.2. The molecule has 0 spiro atoms. The van der Waals surface area contributed by atoms with Gasteiger partial charge in [-0.3, -0.25) is 14.4 Å². The van der Waals surface area contributed by atoms with Crippen molar-refractivity contribution in [1.29, 1.82) is 0 Å². The maximum absolute atomic E-state index is 12.2. The van der Waals surface area contributed by atoms with Gasteiger partial charge in [0.1, 0.15) is 12.1 Å². The Morgan fingerprint density at radius 2 is 1.78 bits per heavy atom. The van der Waals surface area contributed by atoms with E-state index in [0.29, 0.717) is 24.9 Å². The Kier molecular flexibility index (Phi) is 7.76. The minimum Gasteiger partial charge on any atom is -0.480 e. The number of carboxylic acids is 1. The highest BCUT2D eigenvalue weighted by Crippen LogP contribution is 2.05. The molecule has 0 saturated carbocycles. The summed E-state index contributed by atoms with van der Waals surface area (Å²) in [6, 6.07) is 6.71. The molecule has 126 valence electrons. The molecule has 2 atom stereocenters. The monoisotopic (exact) mass is 321 g/mol. The number of carbonyl (C=O) groups excluding carboxylic acids is 2. The highest BCUT2D eigenvalue weighted by atomic mass is 16.4. The molecule has 0 saturated heterocycles. The number of unbranched alkanes of at least 4 members (excludes halogenated alkanes) is 1. The highest BCUT2D eigenvalue weighted by molar-refractivity contribution is 5.98. The molecule has 1 rings (SSSR count). The van der Waals surface area contributed by atoms with E-state index in [9.17, 15) is 14.4 Å². The maximum atomic E-state index is 12.2. The zero-order valence-electron chi connectivity index (χ0n) is 13.1. The van der Waals surface area contributed by atoms with E-state index in [1.807, 2.05) is 0 Å². The fraction of sp³-hybridized carbons (Fsp3) is 0.438. The van der Waals surface area contributed by atoms with Gasteiger partial charge in [-0.2, -0.15) is 0 Å². The van der Waals surface area contributed by atoms with E-state index >= 15 is 0 Å². The van der Waals surface area contributed by atoms with Crippen molar-refractivity contribution in [3.63, 3.8) is 0 Å². The average Bonchev–Trinajstić information content (AvgIpc) is 2.54. The lowest BCUT2D eigenvalue weighted by Gasteiger charge is -2.20. The predicted molar refractivity (Wildman–Crippen MR) is 85.8 cm³/mol. The summed E-state index contributed by atoms with van der Waals surface area (Å²) in [6.45, 7) is 1.86. The van der Waals surface area contributed by atoms with E-state index in [-0.39, 0.29) is 5.91 Å².